The van der Waals surface area contributed by atoms with Crippen LogP contribution in [0.5, 0.6) is 0 Å². The number of hydrogen-bond acceptors (Lipinski definition) is 5. The molecule has 5 nitrogen and oxygen atoms in total. The molecule has 25 heavy (non-hydrogen) atoms. The summed E-state index contributed by atoms with van der Waals surface area (Å²) < 4.78 is 24.2. The average Bonchev–Trinajstić information content (AvgIpc) is 2.87. The van der Waals surface area contributed by atoms with E-state index < -0.39 is 13.7 Å². The zero-order valence-electron chi connectivity index (χ0n) is 16.4. The Bertz CT molecular complexity index is 585. The molecular weight excluding hydrogens is 336 g/mol. The molecule has 0 unspecified atom stereocenters. The second kappa shape index (κ2) is 5.30. The van der Waals surface area contributed by atoms with Crippen molar-refractivity contribution in [2.75, 3.05) is 20.3 Å². The molecule has 0 amide bonds. The molecule has 4 aliphatic rings. The number of rotatable bonds is 3. The Balaban J connectivity index is 1.62. The maximum atomic E-state index is 12.6. The Hall–Kier alpha value is -0.433. The summed E-state index contributed by atoms with van der Waals surface area (Å²) in [6, 6.07) is 0. The number of ether oxygens (including phenoxy) is 3. The van der Waals surface area contributed by atoms with E-state index in [0.29, 0.717) is 12.5 Å². The SMILES string of the molecule is COC(=O)[C@]12CO[C@@H]3C[C@H]1[C@@]1(CCO[C@@H]12)C[C@H]3O[Si](C)(C)C(C)(C)C. The normalized spacial score (nSPS) is 45.5. The van der Waals surface area contributed by atoms with Gasteiger partial charge in [-0.1, -0.05) is 20.8 Å². The number of esters is 1. The van der Waals surface area contributed by atoms with Crippen molar-refractivity contribution < 1.29 is 23.4 Å². The summed E-state index contributed by atoms with van der Waals surface area (Å²) in [5.74, 6) is 0.167. The minimum absolute atomic E-state index is 0.0655. The first kappa shape index (κ1) is 18.0. The maximum absolute atomic E-state index is 12.6. The van der Waals surface area contributed by atoms with Crippen LogP contribution in [-0.4, -0.2) is 52.9 Å². The molecule has 6 heteroatoms. The van der Waals surface area contributed by atoms with Gasteiger partial charge in [-0.3, -0.25) is 4.79 Å². The highest BCUT2D eigenvalue weighted by Crippen LogP contribution is 2.73. The van der Waals surface area contributed by atoms with Crippen molar-refractivity contribution in [2.45, 2.75) is 76.5 Å². The summed E-state index contributed by atoms with van der Waals surface area (Å²) in [6.07, 6.45) is 3.04. The Morgan fingerprint density at radius 1 is 1.24 bits per heavy atom. The molecule has 1 spiro atoms. The highest BCUT2D eigenvalue weighted by Gasteiger charge is 2.80. The highest BCUT2D eigenvalue weighted by atomic mass is 28.4. The average molecular weight is 369 g/mol. The van der Waals surface area contributed by atoms with Crippen LogP contribution in [0.3, 0.4) is 0 Å². The van der Waals surface area contributed by atoms with Gasteiger partial charge in [-0.15, -0.1) is 0 Å². The quantitative estimate of drug-likeness (QED) is 0.566. The van der Waals surface area contributed by atoms with Gasteiger partial charge in [-0.05, 0) is 43.3 Å². The van der Waals surface area contributed by atoms with E-state index in [1.165, 1.54) is 7.11 Å². The summed E-state index contributed by atoms with van der Waals surface area (Å²) in [5, 5.41) is 0.178. The van der Waals surface area contributed by atoms with Gasteiger partial charge in [-0.25, -0.2) is 0 Å². The minimum atomic E-state index is -1.87. The van der Waals surface area contributed by atoms with E-state index in [2.05, 4.69) is 33.9 Å². The fourth-order valence-corrected chi connectivity index (χ4v) is 7.08. The minimum Gasteiger partial charge on any atom is -0.468 e. The summed E-state index contributed by atoms with van der Waals surface area (Å²) in [6.45, 7) is 12.6. The number of fused-ring (bicyclic) bond motifs is 2. The summed E-state index contributed by atoms with van der Waals surface area (Å²) in [4.78, 5) is 12.6. The van der Waals surface area contributed by atoms with Gasteiger partial charge >= 0.3 is 5.97 Å². The molecule has 2 aliphatic carbocycles. The van der Waals surface area contributed by atoms with E-state index >= 15 is 0 Å². The first-order valence-corrected chi connectivity index (χ1v) is 12.5. The molecule has 142 valence electrons. The zero-order chi connectivity index (χ0) is 18.3. The van der Waals surface area contributed by atoms with Crippen LogP contribution in [0.1, 0.15) is 40.0 Å². The van der Waals surface area contributed by atoms with Crippen LogP contribution >= 0.6 is 0 Å². The van der Waals surface area contributed by atoms with E-state index in [9.17, 15) is 4.79 Å². The summed E-state index contributed by atoms with van der Waals surface area (Å²) in [7, 11) is -0.391. The van der Waals surface area contributed by atoms with Crippen molar-refractivity contribution in [1.82, 2.24) is 0 Å². The van der Waals surface area contributed by atoms with Crippen LogP contribution < -0.4 is 0 Å². The number of carbonyl (C=O) groups excluding carboxylic acids is 1. The molecular formula is C19H32O5Si. The molecule has 0 N–H and O–H groups in total. The molecule has 2 bridgehead atoms. The van der Waals surface area contributed by atoms with E-state index in [1.807, 2.05) is 0 Å². The maximum Gasteiger partial charge on any atom is 0.317 e. The van der Waals surface area contributed by atoms with Crippen molar-refractivity contribution in [3.05, 3.63) is 0 Å². The zero-order valence-corrected chi connectivity index (χ0v) is 17.4. The number of carbonyl (C=O) groups is 1. The van der Waals surface area contributed by atoms with Crippen LogP contribution in [0.25, 0.3) is 0 Å². The topological polar surface area (TPSA) is 54.0 Å². The fourth-order valence-electron chi connectivity index (χ4n) is 5.74. The molecule has 0 aromatic carbocycles. The van der Waals surface area contributed by atoms with E-state index in [4.69, 9.17) is 18.6 Å². The van der Waals surface area contributed by atoms with Crippen LogP contribution in [0.2, 0.25) is 18.1 Å². The van der Waals surface area contributed by atoms with Crippen molar-refractivity contribution in [3.8, 4) is 0 Å². The molecule has 0 radical (unpaired) electrons. The van der Waals surface area contributed by atoms with Gasteiger partial charge in [0.2, 0.25) is 0 Å². The molecule has 6 atom stereocenters. The van der Waals surface area contributed by atoms with Gasteiger partial charge in [0.05, 0.1) is 32.0 Å². The van der Waals surface area contributed by atoms with Gasteiger partial charge < -0.3 is 18.6 Å². The second-order valence-electron chi connectivity index (χ2n) is 10.0. The first-order chi connectivity index (χ1) is 11.6. The first-order valence-electron chi connectivity index (χ1n) is 9.58. The third-order valence-electron chi connectivity index (χ3n) is 7.98. The third-order valence-corrected chi connectivity index (χ3v) is 12.5. The number of hydrogen-bond donors (Lipinski definition) is 0. The lowest BCUT2D eigenvalue weighted by molar-refractivity contribution is -0.317. The smallest absolute Gasteiger partial charge is 0.317 e. The lowest BCUT2D eigenvalue weighted by atomic mass is 9.38. The van der Waals surface area contributed by atoms with E-state index in [-0.39, 0.29) is 34.7 Å². The molecule has 2 saturated carbocycles. The summed E-state index contributed by atoms with van der Waals surface area (Å²) in [5.41, 5.74) is -0.495. The van der Waals surface area contributed by atoms with Gasteiger partial charge in [0.15, 0.2) is 8.32 Å². The van der Waals surface area contributed by atoms with Crippen LogP contribution in [0.4, 0.5) is 0 Å². The molecule has 0 aromatic heterocycles. The van der Waals surface area contributed by atoms with Gasteiger partial charge in [0.25, 0.3) is 0 Å². The lowest BCUT2D eigenvalue weighted by Gasteiger charge is -2.70. The van der Waals surface area contributed by atoms with E-state index in [0.717, 1.165) is 25.9 Å². The number of methoxy groups -OCH3 is 1. The Morgan fingerprint density at radius 2 is 1.96 bits per heavy atom. The predicted octanol–water partition coefficient (Wildman–Crippen LogP) is 3.13. The van der Waals surface area contributed by atoms with Gasteiger partial charge in [-0.2, -0.15) is 0 Å². The van der Waals surface area contributed by atoms with Gasteiger partial charge in [0.1, 0.15) is 5.41 Å². The monoisotopic (exact) mass is 368 g/mol. The predicted molar refractivity (Wildman–Crippen MR) is 95.8 cm³/mol. The molecule has 4 fully saturated rings. The molecule has 0 aromatic rings. The van der Waals surface area contributed by atoms with Crippen LogP contribution in [0.15, 0.2) is 0 Å². The fraction of sp³-hybridized carbons (Fsp3) is 0.947. The van der Waals surface area contributed by atoms with E-state index in [1.54, 1.807) is 0 Å². The Labute approximate surface area is 151 Å². The van der Waals surface area contributed by atoms with Gasteiger partial charge in [0, 0.05) is 12.0 Å². The Kier molecular flexibility index (Phi) is 3.81. The third kappa shape index (κ3) is 2.14. The van der Waals surface area contributed by atoms with Crippen molar-refractivity contribution >= 4 is 14.3 Å². The van der Waals surface area contributed by atoms with Crippen LogP contribution in [0, 0.1) is 16.7 Å². The lowest BCUT2D eigenvalue weighted by Crippen LogP contribution is -2.78. The van der Waals surface area contributed by atoms with Crippen molar-refractivity contribution in [2.24, 2.45) is 16.7 Å². The standard InChI is InChI=1S/C19H32O5Si/c1-17(2,3)25(5,6)24-13-10-18-7-8-22-15(18)19(16(20)21-4)11-23-12(13)9-14(18)19/h12-15H,7-11H2,1-6H3/t12-,13-,14+,15+,18-,19-/m1/s1. The highest BCUT2D eigenvalue weighted by molar-refractivity contribution is 6.74. The summed E-state index contributed by atoms with van der Waals surface area (Å²) >= 11 is 0. The van der Waals surface area contributed by atoms with Crippen molar-refractivity contribution in [3.63, 3.8) is 0 Å². The molecule has 4 rings (SSSR count). The Morgan fingerprint density at radius 3 is 2.60 bits per heavy atom. The molecule has 2 saturated heterocycles. The van der Waals surface area contributed by atoms with Crippen LogP contribution in [-0.2, 0) is 23.4 Å². The van der Waals surface area contributed by atoms with Crippen molar-refractivity contribution in [1.29, 1.82) is 0 Å². The largest absolute Gasteiger partial charge is 0.468 e. The molecule has 2 heterocycles. The second-order valence-corrected chi connectivity index (χ2v) is 14.8. The molecule has 2 aliphatic heterocycles.